The lowest BCUT2D eigenvalue weighted by atomic mass is 10.2. The minimum absolute atomic E-state index is 0.00281. The molecule has 2 rings (SSSR count). The normalized spacial score (nSPS) is 21.3. The second-order valence-electron chi connectivity index (χ2n) is 6.86. The van der Waals surface area contributed by atoms with E-state index in [1.807, 2.05) is 18.9 Å². The number of rotatable bonds is 10. The van der Waals surface area contributed by atoms with Crippen molar-refractivity contribution < 1.29 is 14.3 Å². The van der Waals surface area contributed by atoms with Crippen LogP contribution in [-0.4, -0.2) is 55.0 Å². The van der Waals surface area contributed by atoms with Gasteiger partial charge in [0.25, 0.3) is 5.91 Å². The molecule has 26 heavy (non-hydrogen) atoms. The van der Waals surface area contributed by atoms with E-state index in [0.717, 1.165) is 25.8 Å². The molecular weight excluding hydrogens is 354 g/mol. The van der Waals surface area contributed by atoms with Gasteiger partial charge in [0.05, 0.1) is 18.1 Å². The number of carbonyl (C=O) groups is 2. The van der Waals surface area contributed by atoms with Crippen molar-refractivity contribution in [1.29, 1.82) is 0 Å². The molecule has 2 atom stereocenters. The van der Waals surface area contributed by atoms with E-state index in [1.165, 1.54) is 0 Å². The van der Waals surface area contributed by atoms with E-state index in [-0.39, 0.29) is 30.0 Å². The van der Waals surface area contributed by atoms with Crippen LogP contribution < -0.4 is 15.4 Å². The molecule has 1 fully saturated rings. The smallest absolute Gasteiger partial charge is 0.258 e. The molecule has 1 aromatic carbocycles. The van der Waals surface area contributed by atoms with Crippen LogP contribution in [0.3, 0.4) is 0 Å². The summed E-state index contributed by atoms with van der Waals surface area (Å²) >= 11 is 5.82. The third kappa shape index (κ3) is 5.88. The Balaban J connectivity index is 1.76. The van der Waals surface area contributed by atoms with E-state index >= 15 is 0 Å². The fourth-order valence-corrected chi connectivity index (χ4v) is 3.18. The molecule has 1 aromatic rings. The lowest BCUT2D eigenvalue weighted by Gasteiger charge is -2.21. The summed E-state index contributed by atoms with van der Waals surface area (Å²) in [4.78, 5) is 26.3. The van der Waals surface area contributed by atoms with Gasteiger partial charge in [-0.2, -0.15) is 0 Å². The maximum Gasteiger partial charge on any atom is 0.258 e. The highest BCUT2D eigenvalue weighted by Gasteiger charge is 2.54. The van der Waals surface area contributed by atoms with Crippen molar-refractivity contribution in [3.05, 3.63) is 29.3 Å². The molecule has 0 saturated heterocycles. The van der Waals surface area contributed by atoms with E-state index in [4.69, 9.17) is 16.3 Å². The van der Waals surface area contributed by atoms with Crippen molar-refractivity contribution >= 4 is 23.4 Å². The average Bonchev–Trinajstić information content (AvgIpc) is 3.26. The predicted octanol–water partition coefficient (Wildman–Crippen LogP) is 2.21. The number of hydrogen-bond donors (Lipinski definition) is 2. The predicted molar refractivity (Wildman–Crippen MR) is 102 cm³/mol. The lowest BCUT2D eigenvalue weighted by molar-refractivity contribution is -0.125. The average molecular weight is 382 g/mol. The first kappa shape index (κ1) is 20.5. The maximum absolute atomic E-state index is 12.2. The van der Waals surface area contributed by atoms with Crippen LogP contribution in [0.15, 0.2) is 24.3 Å². The SMILES string of the molecule is CCCN(C)CC(=O)NC1(CC)CC1NC(=O)COc1ccc(Cl)cc1. The van der Waals surface area contributed by atoms with Crippen molar-refractivity contribution in [3.63, 3.8) is 0 Å². The van der Waals surface area contributed by atoms with Gasteiger partial charge >= 0.3 is 0 Å². The Hall–Kier alpha value is -1.79. The molecular formula is C19H28ClN3O3. The summed E-state index contributed by atoms with van der Waals surface area (Å²) in [6.07, 6.45) is 2.54. The molecule has 2 unspecified atom stereocenters. The summed E-state index contributed by atoms with van der Waals surface area (Å²) in [6.45, 7) is 5.29. The van der Waals surface area contributed by atoms with Crippen LogP contribution in [-0.2, 0) is 9.59 Å². The van der Waals surface area contributed by atoms with Crippen LogP contribution in [0, 0.1) is 0 Å². The quantitative estimate of drug-likeness (QED) is 0.652. The van der Waals surface area contributed by atoms with Crippen molar-refractivity contribution in [1.82, 2.24) is 15.5 Å². The summed E-state index contributed by atoms with van der Waals surface area (Å²) in [5, 5.41) is 6.65. The molecule has 0 aromatic heterocycles. The van der Waals surface area contributed by atoms with Crippen LogP contribution in [0.1, 0.15) is 33.1 Å². The highest BCUT2D eigenvalue weighted by molar-refractivity contribution is 6.30. The van der Waals surface area contributed by atoms with E-state index in [9.17, 15) is 9.59 Å². The van der Waals surface area contributed by atoms with Gasteiger partial charge in [0.1, 0.15) is 5.75 Å². The minimum Gasteiger partial charge on any atom is -0.484 e. The van der Waals surface area contributed by atoms with Gasteiger partial charge in [0.15, 0.2) is 6.61 Å². The molecule has 6 nitrogen and oxygen atoms in total. The zero-order valence-corrected chi connectivity index (χ0v) is 16.4. The van der Waals surface area contributed by atoms with Crippen LogP contribution in [0.4, 0.5) is 0 Å². The Morgan fingerprint density at radius 1 is 1.27 bits per heavy atom. The summed E-state index contributed by atoms with van der Waals surface area (Å²) in [5.74, 6) is 0.393. The number of nitrogens with zero attached hydrogens (tertiary/aromatic N) is 1. The molecule has 1 aliphatic rings. The molecule has 0 radical (unpaired) electrons. The minimum atomic E-state index is -0.333. The van der Waals surface area contributed by atoms with Gasteiger partial charge < -0.3 is 15.4 Å². The fourth-order valence-electron chi connectivity index (χ4n) is 3.05. The van der Waals surface area contributed by atoms with E-state index in [1.54, 1.807) is 24.3 Å². The molecule has 2 amide bonds. The molecule has 0 aliphatic heterocycles. The second-order valence-corrected chi connectivity index (χ2v) is 7.30. The van der Waals surface area contributed by atoms with Gasteiger partial charge in [0.2, 0.25) is 5.91 Å². The first-order valence-electron chi connectivity index (χ1n) is 9.06. The molecule has 2 N–H and O–H groups in total. The Kier molecular flexibility index (Phi) is 7.29. The number of halogens is 1. The number of nitrogens with one attached hydrogen (secondary N) is 2. The molecule has 1 saturated carbocycles. The van der Waals surface area contributed by atoms with Gasteiger partial charge in [-0.25, -0.2) is 0 Å². The molecule has 7 heteroatoms. The Morgan fingerprint density at radius 2 is 1.96 bits per heavy atom. The Labute approximate surface area is 160 Å². The van der Waals surface area contributed by atoms with Gasteiger partial charge in [-0.1, -0.05) is 25.4 Å². The maximum atomic E-state index is 12.2. The van der Waals surface area contributed by atoms with Gasteiger partial charge in [-0.15, -0.1) is 0 Å². The van der Waals surface area contributed by atoms with Gasteiger partial charge in [0, 0.05) is 5.02 Å². The zero-order chi connectivity index (χ0) is 19.2. The first-order valence-corrected chi connectivity index (χ1v) is 9.43. The topological polar surface area (TPSA) is 70.7 Å². The fraction of sp³-hybridized carbons (Fsp3) is 0.579. The van der Waals surface area contributed by atoms with E-state index in [0.29, 0.717) is 17.3 Å². The van der Waals surface area contributed by atoms with Crippen LogP contribution in [0.2, 0.25) is 5.02 Å². The number of likely N-dealkylation sites (N-methyl/N-ethyl adjacent to an activating group) is 1. The Bertz CT molecular complexity index is 623. The molecule has 0 bridgehead atoms. The summed E-state index contributed by atoms with van der Waals surface area (Å²) < 4.78 is 5.45. The molecule has 0 heterocycles. The van der Waals surface area contributed by atoms with E-state index < -0.39 is 0 Å². The van der Waals surface area contributed by atoms with Crippen molar-refractivity contribution in [2.45, 2.75) is 44.7 Å². The third-order valence-electron chi connectivity index (χ3n) is 4.63. The molecule has 1 aliphatic carbocycles. The van der Waals surface area contributed by atoms with Crippen LogP contribution in [0.5, 0.6) is 5.75 Å². The first-order chi connectivity index (χ1) is 12.4. The van der Waals surface area contributed by atoms with Crippen LogP contribution in [0.25, 0.3) is 0 Å². The highest BCUT2D eigenvalue weighted by Crippen LogP contribution is 2.39. The summed E-state index contributed by atoms with van der Waals surface area (Å²) in [7, 11) is 1.93. The molecule has 144 valence electrons. The third-order valence-corrected chi connectivity index (χ3v) is 4.88. The standard InChI is InChI=1S/C19H28ClN3O3/c1-4-10-23(3)12-17(24)22-19(5-2)11-16(19)21-18(25)13-26-15-8-6-14(20)7-9-15/h6-9,16H,4-5,10-13H2,1-3H3,(H,21,25)(H,22,24). The number of amides is 2. The summed E-state index contributed by atoms with van der Waals surface area (Å²) in [6, 6.07) is 6.81. The van der Waals surface area contributed by atoms with E-state index in [2.05, 4.69) is 17.6 Å². The molecule has 0 spiro atoms. The van der Waals surface area contributed by atoms with Crippen molar-refractivity contribution in [3.8, 4) is 5.75 Å². The van der Waals surface area contributed by atoms with Crippen molar-refractivity contribution in [2.75, 3.05) is 26.7 Å². The van der Waals surface area contributed by atoms with Gasteiger partial charge in [-0.05, 0) is 57.1 Å². The zero-order valence-electron chi connectivity index (χ0n) is 15.7. The number of carbonyl (C=O) groups excluding carboxylic acids is 2. The number of benzene rings is 1. The van der Waals surface area contributed by atoms with Crippen LogP contribution >= 0.6 is 11.6 Å². The lowest BCUT2D eigenvalue weighted by Crippen LogP contribution is -2.47. The summed E-state index contributed by atoms with van der Waals surface area (Å²) in [5.41, 5.74) is -0.333. The largest absolute Gasteiger partial charge is 0.484 e. The second kappa shape index (κ2) is 9.24. The Morgan fingerprint density at radius 3 is 2.58 bits per heavy atom. The number of ether oxygens (including phenoxy) is 1. The van der Waals surface area contributed by atoms with Crippen molar-refractivity contribution in [2.24, 2.45) is 0 Å². The highest BCUT2D eigenvalue weighted by atomic mass is 35.5. The monoisotopic (exact) mass is 381 g/mol. The van der Waals surface area contributed by atoms with Gasteiger partial charge in [-0.3, -0.25) is 14.5 Å². The number of hydrogen-bond acceptors (Lipinski definition) is 4.